The van der Waals surface area contributed by atoms with E-state index in [0.717, 1.165) is 23.7 Å². The highest BCUT2D eigenvalue weighted by Crippen LogP contribution is 2.29. The van der Waals surface area contributed by atoms with Gasteiger partial charge in [-0.3, -0.25) is 0 Å². The van der Waals surface area contributed by atoms with E-state index in [1.807, 2.05) is 25.1 Å². The average molecular weight is 210 g/mol. The average Bonchev–Trinajstić information content (AvgIpc) is 2.71. The molecule has 4 heteroatoms. The monoisotopic (exact) mass is 210 g/mol. The summed E-state index contributed by atoms with van der Waals surface area (Å²) in [6, 6.07) is 5.63. The van der Waals surface area contributed by atoms with Crippen molar-refractivity contribution in [2.75, 3.05) is 19.8 Å². The highest BCUT2D eigenvalue weighted by Gasteiger charge is 2.13. The largest absolute Gasteiger partial charge is 0.491 e. The van der Waals surface area contributed by atoms with E-state index in [1.54, 1.807) is 0 Å². The number of ether oxygens (including phenoxy) is 2. The maximum atomic E-state index is 5.50. The molecule has 0 spiro atoms. The van der Waals surface area contributed by atoms with Gasteiger partial charge in [0.1, 0.15) is 19.0 Å². The second-order valence-corrected chi connectivity index (χ2v) is 3.16. The third-order valence-electron chi connectivity index (χ3n) is 2.10. The Kier molecular flexibility index (Phi) is 3.42. The van der Waals surface area contributed by atoms with E-state index in [0.29, 0.717) is 19.8 Å². The van der Waals surface area contributed by atoms with Crippen molar-refractivity contribution < 1.29 is 19.2 Å². The van der Waals surface area contributed by atoms with Crippen LogP contribution in [0.5, 0.6) is 11.5 Å². The highest BCUT2D eigenvalue weighted by atomic mass is 17.2. The summed E-state index contributed by atoms with van der Waals surface area (Å²) in [6.07, 6.45) is 0. The Hall–Kier alpha value is -1.26. The molecule has 1 aromatic rings. The molecular formula is C11H14O4. The van der Waals surface area contributed by atoms with Crippen LogP contribution in [0.3, 0.4) is 0 Å². The van der Waals surface area contributed by atoms with Gasteiger partial charge in [0.05, 0.1) is 6.61 Å². The number of fused-ring (bicyclic) bond motifs is 1. The first-order chi connectivity index (χ1) is 7.40. The van der Waals surface area contributed by atoms with Crippen molar-refractivity contribution in [2.45, 2.75) is 13.5 Å². The Labute approximate surface area is 88.6 Å². The molecule has 0 N–H and O–H groups in total. The predicted octanol–water partition coefficient (Wildman–Crippen LogP) is 1.93. The molecule has 0 radical (unpaired) electrons. The summed E-state index contributed by atoms with van der Waals surface area (Å²) >= 11 is 0. The molecule has 1 aliphatic heterocycles. The lowest BCUT2D eigenvalue weighted by Crippen LogP contribution is -2.06. The molecule has 82 valence electrons. The van der Waals surface area contributed by atoms with Crippen molar-refractivity contribution in [3.05, 3.63) is 23.8 Å². The van der Waals surface area contributed by atoms with Crippen LogP contribution >= 0.6 is 0 Å². The van der Waals surface area contributed by atoms with Crippen molar-refractivity contribution in [3.8, 4) is 11.5 Å². The fourth-order valence-corrected chi connectivity index (χ4v) is 1.36. The molecule has 0 amide bonds. The van der Waals surface area contributed by atoms with Crippen LogP contribution < -0.4 is 9.62 Å². The molecular weight excluding hydrogens is 196 g/mol. The normalized spacial score (nSPS) is 13.4. The van der Waals surface area contributed by atoms with Crippen LogP contribution in [0.15, 0.2) is 18.2 Å². The Morgan fingerprint density at radius 1 is 1.33 bits per heavy atom. The summed E-state index contributed by atoms with van der Waals surface area (Å²) in [7, 11) is 0. The summed E-state index contributed by atoms with van der Waals surface area (Å²) in [6.45, 7) is 4.34. The van der Waals surface area contributed by atoms with Crippen LogP contribution in [0.4, 0.5) is 0 Å². The first-order valence-corrected chi connectivity index (χ1v) is 5.03. The molecule has 0 bridgehead atoms. The molecule has 0 saturated heterocycles. The zero-order chi connectivity index (χ0) is 10.5. The third-order valence-corrected chi connectivity index (χ3v) is 2.10. The quantitative estimate of drug-likeness (QED) is 0.549. The molecule has 0 aromatic heterocycles. The van der Waals surface area contributed by atoms with Crippen LogP contribution in [-0.4, -0.2) is 19.8 Å². The van der Waals surface area contributed by atoms with E-state index in [9.17, 15) is 0 Å². The molecule has 0 saturated carbocycles. The van der Waals surface area contributed by atoms with Crippen molar-refractivity contribution in [3.63, 3.8) is 0 Å². The number of rotatable bonds is 5. The second kappa shape index (κ2) is 5.00. The molecule has 2 rings (SSSR count). The minimum absolute atomic E-state index is 0.484. The topological polar surface area (TPSA) is 36.9 Å². The van der Waals surface area contributed by atoms with E-state index in [1.165, 1.54) is 0 Å². The van der Waals surface area contributed by atoms with Gasteiger partial charge < -0.3 is 14.4 Å². The van der Waals surface area contributed by atoms with Crippen LogP contribution in [0.25, 0.3) is 0 Å². The smallest absolute Gasteiger partial charge is 0.171 e. The molecule has 1 heterocycles. The van der Waals surface area contributed by atoms with Gasteiger partial charge in [0, 0.05) is 12.2 Å². The number of benzene rings is 1. The first kappa shape index (κ1) is 10.3. The van der Waals surface area contributed by atoms with Gasteiger partial charge in [0.15, 0.2) is 5.75 Å². The fourth-order valence-electron chi connectivity index (χ4n) is 1.36. The summed E-state index contributed by atoms with van der Waals surface area (Å²) < 4.78 is 10.7. The van der Waals surface area contributed by atoms with Crippen LogP contribution in [0.2, 0.25) is 0 Å². The van der Waals surface area contributed by atoms with Gasteiger partial charge in [0.2, 0.25) is 0 Å². The molecule has 0 aliphatic carbocycles. The predicted molar refractivity (Wildman–Crippen MR) is 53.8 cm³/mol. The van der Waals surface area contributed by atoms with Gasteiger partial charge >= 0.3 is 0 Å². The van der Waals surface area contributed by atoms with E-state index in [-0.39, 0.29) is 0 Å². The molecule has 4 nitrogen and oxygen atoms in total. The zero-order valence-electron chi connectivity index (χ0n) is 8.69. The van der Waals surface area contributed by atoms with Gasteiger partial charge in [-0.15, -0.1) is 0 Å². The third kappa shape index (κ3) is 2.61. The van der Waals surface area contributed by atoms with Crippen molar-refractivity contribution in [1.29, 1.82) is 0 Å². The van der Waals surface area contributed by atoms with Crippen LogP contribution in [0, 0.1) is 0 Å². The van der Waals surface area contributed by atoms with E-state index >= 15 is 0 Å². The van der Waals surface area contributed by atoms with E-state index in [4.69, 9.17) is 19.2 Å². The molecule has 0 atom stereocenters. The van der Waals surface area contributed by atoms with Gasteiger partial charge in [0.25, 0.3) is 0 Å². The number of hydrogen-bond acceptors (Lipinski definition) is 4. The SMILES string of the molecule is CCOCCOc1ccc2c(c1)COO2. The summed E-state index contributed by atoms with van der Waals surface area (Å²) in [4.78, 5) is 9.75. The van der Waals surface area contributed by atoms with Crippen LogP contribution in [0.1, 0.15) is 12.5 Å². The fraction of sp³-hybridized carbons (Fsp3) is 0.455. The van der Waals surface area contributed by atoms with Crippen LogP contribution in [-0.2, 0) is 16.2 Å². The Balaban J connectivity index is 1.87. The Morgan fingerprint density at radius 3 is 3.13 bits per heavy atom. The van der Waals surface area contributed by atoms with Gasteiger partial charge in [-0.2, -0.15) is 4.89 Å². The minimum Gasteiger partial charge on any atom is -0.491 e. The number of hydrogen-bond donors (Lipinski definition) is 0. The van der Waals surface area contributed by atoms with Gasteiger partial charge in [-0.25, -0.2) is 0 Å². The standard InChI is InChI=1S/C11H14O4/c1-2-12-5-6-13-10-3-4-11-9(7-10)8-14-15-11/h3-4,7H,2,5-6,8H2,1H3. The molecule has 0 unspecified atom stereocenters. The Morgan fingerprint density at radius 2 is 2.27 bits per heavy atom. The van der Waals surface area contributed by atoms with Crippen molar-refractivity contribution in [1.82, 2.24) is 0 Å². The molecule has 15 heavy (non-hydrogen) atoms. The molecule has 1 aliphatic rings. The van der Waals surface area contributed by atoms with Gasteiger partial charge in [-0.05, 0) is 25.1 Å². The Bertz CT molecular complexity index is 324. The van der Waals surface area contributed by atoms with Crippen molar-refractivity contribution >= 4 is 0 Å². The molecule has 1 aromatic carbocycles. The minimum atomic E-state index is 0.484. The highest BCUT2D eigenvalue weighted by molar-refractivity contribution is 5.40. The first-order valence-electron chi connectivity index (χ1n) is 5.03. The maximum absolute atomic E-state index is 5.50. The lowest BCUT2D eigenvalue weighted by Gasteiger charge is -2.06. The summed E-state index contributed by atoms with van der Waals surface area (Å²) in [5, 5.41) is 0. The summed E-state index contributed by atoms with van der Waals surface area (Å²) in [5.74, 6) is 1.59. The van der Waals surface area contributed by atoms with E-state index < -0.39 is 0 Å². The van der Waals surface area contributed by atoms with E-state index in [2.05, 4.69) is 0 Å². The summed E-state index contributed by atoms with van der Waals surface area (Å²) in [5.41, 5.74) is 1.02. The molecule has 0 fully saturated rings. The maximum Gasteiger partial charge on any atom is 0.171 e. The van der Waals surface area contributed by atoms with Crippen molar-refractivity contribution in [2.24, 2.45) is 0 Å². The second-order valence-electron chi connectivity index (χ2n) is 3.16. The lowest BCUT2D eigenvalue weighted by molar-refractivity contribution is -0.194. The van der Waals surface area contributed by atoms with Gasteiger partial charge in [-0.1, -0.05) is 0 Å². The zero-order valence-corrected chi connectivity index (χ0v) is 8.69. The lowest BCUT2D eigenvalue weighted by atomic mass is 10.2.